The third-order valence-electron chi connectivity index (χ3n) is 3.95. The van der Waals surface area contributed by atoms with Crippen molar-refractivity contribution < 1.29 is 23.6 Å². The van der Waals surface area contributed by atoms with Crippen LogP contribution >= 0.6 is 0 Å². The minimum absolute atomic E-state index is 0.267. The van der Waals surface area contributed by atoms with Gasteiger partial charge in [0.05, 0.1) is 17.6 Å². The van der Waals surface area contributed by atoms with Crippen LogP contribution in [0, 0.1) is 5.82 Å². The Labute approximate surface area is 118 Å². The highest BCUT2D eigenvalue weighted by Gasteiger charge is 2.52. The Morgan fingerprint density at radius 2 is 1.80 bits per heavy atom. The van der Waals surface area contributed by atoms with E-state index < -0.39 is 30.1 Å². The van der Waals surface area contributed by atoms with Gasteiger partial charge in [-0.25, -0.2) is 4.39 Å². The van der Waals surface area contributed by atoms with E-state index >= 15 is 0 Å². The van der Waals surface area contributed by atoms with Crippen LogP contribution in [0.3, 0.4) is 0 Å². The number of hydrogen-bond donors (Lipinski definition) is 1. The molecule has 0 atom stereocenters. The third-order valence-corrected chi connectivity index (χ3v) is 3.95. The van der Waals surface area contributed by atoms with E-state index in [0.717, 1.165) is 0 Å². The van der Waals surface area contributed by atoms with Crippen LogP contribution in [0.1, 0.15) is 33.3 Å². The van der Waals surface area contributed by atoms with E-state index in [1.807, 2.05) is 27.7 Å². The molecule has 0 saturated carbocycles. The number of rotatable bonds is 3. The predicted octanol–water partition coefficient (Wildman–Crippen LogP) is 1.75. The lowest BCUT2D eigenvalue weighted by Crippen LogP contribution is -2.41. The summed E-state index contributed by atoms with van der Waals surface area (Å²) in [5.41, 5.74) is -0.109. The molecule has 2 rings (SSSR count). The van der Waals surface area contributed by atoms with Gasteiger partial charge in [-0.15, -0.1) is 0 Å². The van der Waals surface area contributed by atoms with Crippen LogP contribution in [-0.4, -0.2) is 29.4 Å². The highest BCUT2D eigenvalue weighted by Crippen LogP contribution is 2.36. The number of carbonyl (C=O) groups is 1. The van der Waals surface area contributed by atoms with Gasteiger partial charge in [0, 0.05) is 0 Å². The first-order valence-electron chi connectivity index (χ1n) is 6.48. The van der Waals surface area contributed by atoms with E-state index in [9.17, 15) is 9.18 Å². The van der Waals surface area contributed by atoms with Gasteiger partial charge in [0.1, 0.15) is 5.82 Å². The maximum atomic E-state index is 13.3. The van der Waals surface area contributed by atoms with Gasteiger partial charge in [-0.05, 0) is 50.9 Å². The molecule has 0 radical (unpaired) electrons. The molecule has 0 aromatic heterocycles. The lowest BCUT2D eigenvalue weighted by atomic mass is 9.75. The van der Waals surface area contributed by atoms with Crippen molar-refractivity contribution in [3.8, 4) is 0 Å². The van der Waals surface area contributed by atoms with Gasteiger partial charge in [0.25, 0.3) is 0 Å². The summed E-state index contributed by atoms with van der Waals surface area (Å²) in [4.78, 5) is 10.9. The third kappa shape index (κ3) is 2.71. The van der Waals surface area contributed by atoms with E-state index in [1.54, 1.807) is 0 Å². The molecule has 0 aliphatic carbocycles. The van der Waals surface area contributed by atoms with Crippen LogP contribution in [-0.2, 0) is 20.5 Å². The van der Waals surface area contributed by atoms with Crippen molar-refractivity contribution in [1.82, 2.24) is 0 Å². The smallest absolute Gasteiger partial charge is 0.481 e. The van der Waals surface area contributed by atoms with Gasteiger partial charge >= 0.3 is 13.1 Å². The van der Waals surface area contributed by atoms with E-state index in [-0.39, 0.29) is 6.42 Å². The standard InChI is InChI=1S/C14H18BFO4/c1-13(2)14(3,4)20-15(19-13)11-6-5-10(16)7-9(11)8-12(17)18/h5-7H,8H2,1-4H3,(H,17,18). The van der Waals surface area contributed by atoms with Gasteiger partial charge in [0.2, 0.25) is 0 Å². The summed E-state index contributed by atoms with van der Waals surface area (Å²) >= 11 is 0. The van der Waals surface area contributed by atoms with Crippen LogP contribution in [0.5, 0.6) is 0 Å². The van der Waals surface area contributed by atoms with Crippen molar-refractivity contribution in [3.05, 3.63) is 29.6 Å². The zero-order chi connectivity index (χ0) is 15.1. The molecule has 20 heavy (non-hydrogen) atoms. The second-order valence-electron chi connectivity index (χ2n) is 6.00. The second kappa shape index (κ2) is 4.86. The van der Waals surface area contributed by atoms with E-state index in [4.69, 9.17) is 14.4 Å². The number of hydrogen-bond acceptors (Lipinski definition) is 3. The first-order chi connectivity index (χ1) is 9.12. The summed E-state index contributed by atoms with van der Waals surface area (Å²) in [5, 5.41) is 8.93. The fourth-order valence-corrected chi connectivity index (χ4v) is 2.09. The quantitative estimate of drug-likeness (QED) is 0.857. The maximum Gasteiger partial charge on any atom is 0.495 e. The fraction of sp³-hybridized carbons (Fsp3) is 0.500. The molecule has 1 aromatic rings. The Bertz CT molecular complexity index is 526. The van der Waals surface area contributed by atoms with E-state index in [1.165, 1.54) is 18.2 Å². The SMILES string of the molecule is CC1(C)OB(c2ccc(F)cc2CC(=O)O)OC1(C)C. The first-order valence-corrected chi connectivity index (χ1v) is 6.48. The summed E-state index contributed by atoms with van der Waals surface area (Å²) in [6.07, 6.45) is -0.267. The van der Waals surface area contributed by atoms with Gasteiger partial charge in [-0.3, -0.25) is 4.79 Å². The van der Waals surface area contributed by atoms with Gasteiger partial charge in [-0.2, -0.15) is 0 Å². The van der Waals surface area contributed by atoms with Crippen molar-refractivity contribution in [2.24, 2.45) is 0 Å². The van der Waals surface area contributed by atoms with Crippen LogP contribution < -0.4 is 5.46 Å². The number of aliphatic carboxylic acids is 1. The topological polar surface area (TPSA) is 55.8 Å². The average Bonchev–Trinajstić information content (AvgIpc) is 2.46. The lowest BCUT2D eigenvalue weighted by molar-refractivity contribution is -0.136. The van der Waals surface area contributed by atoms with Gasteiger partial charge in [-0.1, -0.05) is 6.07 Å². The number of carboxylic acid groups (broad SMARTS) is 1. The molecule has 0 bridgehead atoms. The lowest BCUT2D eigenvalue weighted by Gasteiger charge is -2.32. The predicted molar refractivity (Wildman–Crippen MR) is 73.5 cm³/mol. The van der Waals surface area contributed by atoms with Gasteiger partial charge in [0.15, 0.2) is 0 Å². The minimum Gasteiger partial charge on any atom is -0.481 e. The van der Waals surface area contributed by atoms with Crippen molar-refractivity contribution in [1.29, 1.82) is 0 Å². The average molecular weight is 280 g/mol. The molecule has 1 aliphatic heterocycles. The summed E-state index contributed by atoms with van der Waals surface area (Å²) in [6, 6.07) is 4.02. The first kappa shape index (κ1) is 15.0. The molecular formula is C14H18BFO4. The molecule has 1 heterocycles. The summed E-state index contributed by atoms with van der Waals surface area (Å²) < 4.78 is 25.1. The normalized spacial score (nSPS) is 20.1. The Morgan fingerprint density at radius 3 is 2.30 bits per heavy atom. The van der Waals surface area contributed by atoms with E-state index in [2.05, 4.69) is 0 Å². The van der Waals surface area contributed by atoms with Crippen molar-refractivity contribution in [3.63, 3.8) is 0 Å². The Balaban J connectivity index is 2.37. The highest BCUT2D eigenvalue weighted by atomic mass is 19.1. The second-order valence-corrected chi connectivity index (χ2v) is 6.00. The molecule has 1 fully saturated rings. The molecule has 1 saturated heterocycles. The fourth-order valence-electron chi connectivity index (χ4n) is 2.09. The van der Waals surface area contributed by atoms with Gasteiger partial charge < -0.3 is 14.4 Å². The molecule has 4 nitrogen and oxygen atoms in total. The molecular weight excluding hydrogens is 262 g/mol. The van der Waals surface area contributed by atoms with Crippen LogP contribution in [0.25, 0.3) is 0 Å². The molecule has 0 spiro atoms. The van der Waals surface area contributed by atoms with Crippen LogP contribution in [0.15, 0.2) is 18.2 Å². The van der Waals surface area contributed by atoms with E-state index in [0.29, 0.717) is 11.0 Å². The summed E-state index contributed by atoms with van der Waals surface area (Å²) in [5.74, 6) is -1.49. The molecule has 1 aliphatic rings. The zero-order valence-electron chi connectivity index (χ0n) is 12.1. The number of benzene rings is 1. The maximum absolute atomic E-state index is 13.3. The molecule has 1 N–H and O–H groups in total. The molecule has 0 unspecified atom stereocenters. The number of carboxylic acids is 1. The van der Waals surface area contributed by atoms with Crippen molar-refractivity contribution >= 4 is 18.6 Å². The zero-order valence-corrected chi connectivity index (χ0v) is 12.1. The summed E-state index contributed by atoms with van der Waals surface area (Å²) in [7, 11) is -0.685. The number of halogens is 1. The molecule has 0 amide bonds. The van der Waals surface area contributed by atoms with Crippen LogP contribution in [0.4, 0.5) is 4.39 Å². The highest BCUT2D eigenvalue weighted by molar-refractivity contribution is 6.62. The summed E-state index contributed by atoms with van der Waals surface area (Å²) in [6.45, 7) is 7.64. The molecule has 1 aromatic carbocycles. The Kier molecular flexibility index (Phi) is 3.65. The molecule has 6 heteroatoms. The van der Waals surface area contributed by atoms with Crippen molar-refractivity contribution in [2.45, 2.75) is 45.3 Å². The van der Waals surface area contributed by atoms with Crippen LogP contribution in [0.2, 0.25) is 0 Å². The monoisotopic (exact) mass is 280 g/mol. The Morgan fingerprint density at radius 1 is 1.25 bits per heavy atom. The largest absolute Gasteiger partial charge is 0.495 e. The molecule has 108 valence electrons. The van der Waals surface area contributed by atoms with Crippen molar-refractivity contribution in [2.75, 3.05) is 0 Å². The minimum atomic E-state index is -1.02. The Hall–Kier alpha value is -1.40.